The Hall–Kier alpha value is -4.79. The predicted octanol–water partition coefficient (Wildman–Crippen LogP) is 5.51. The van der Waals surface area contributed by atoms with Gasteiger partial charge in [0.2, 0.25) is 11.6 Å². The smallest absolute Gasteiger partial charge is 0.353 e. The molecule has 176 valence electrons. The summed E-state index contributed by atoms with van der Waals surface area (Å²) < 4.78 is 5.10. The molecule has 4 rings (SSSR count). The van der Waals surface area contributed by atoms with Crippen molar-refractivity contribution >= 4 is 29.0 Å². The summed E-state index contributed by atoms with van der Waals surface area (Å²) >= 11 is 0. The first-order valence-corrected chi connectivity index (χ1v) is 11.0. The summed E-state index contributed by atoms with van der Waals surface area (Å²) in [4.78, 5) is 32.3. The Kier molecular flexibility index (Phi) is 7.27. The van der Waals surface area contributed by atoms with Gasteiger partial charge in [-0.1, -0.05) is 72.8 Å². The Morgan fingerprint density at radius 1 is 0.914 bits per heavy atom. The van der Waals surface area contributed by atoms with Crippen LogP contribution in [0.4, 0.5) is 23.0 Å². The fourth-order valence-corrected chi connectivity index (χ4v) is 3.64. The molecular formula is C26H23N5O4. The van der Waals surface area contributed by atoms with Gasteiger partial charge < -0.3 is 15.4 Å². The van der Waals surface area contributed by atoms with Crippen molar-refractivity contribution in [1.29, 1.82) is 0 Å². The lowest BCUT2D eigenvalue weighted by Gasteiger charge is -2.21. The minimum atomic E-state index is -0.551. The molecule has 0 atom stereocenters. The molecule has 3 aromatic carbocycles. The van der Waals surface area contributed by atoms with Crippen LogP contribution in [0.5, 0.6) is 0 Å². The molecule has 0 aliphatic rings. The first kappa shape index (κ1) is 23.4. The third-order valence-electron chi connectivity index (χ3n) is 5.23. The molecular weight excluding hydrogens is 446 g/mol. The molecule has 0 aliphatic heterocycles. The number of nitrogens with one attached hydrogen (secondary N) is 2. The first-order valence-electron chi connectivity index (χ1n) is 11.0. The van der Waals surface area contributed by atoms with Crippen LogP contribution >= 0.6 is 0 Å². The summed E-state index contributed by atoms with van der Waals surface area (Å²) in [7, 11) is 0. The van der Waals surface area contributed by atoms with Crippen molar-refractivity contribution in [2.75, 3.05) is 17.2 Å². The molecule has 0 unspecified atom stereocenters. The number of carbonyl (C=O) groups excluding carboxylic acids is 1. The second-order valence-electron chi connectivity index (χ2n) is 7.47. The van der Waals surface area contributed by atoms with Crippen LogP contribution in [0.25, 0.3) is 0 Å². The number of para-hydroxylation sites is 1. The van der Waals surface area contributed by atoms with Gasteiger partial charge in [0, 0.05) is 0 Å². The fourth-order valence-electron chi connectivity index (χ4n) is 3.64. The number of carbonyl (C=O) groups is 1. The van der Waals surface area contributed by atoms with Crippen molar-refractivity contribution in [2.24, 2.45) is 0 Å². The van der Waals surface area contributed by atoms with E-state index in [-0.39, 0.29) is 29.5 Å². The second-order valence-corrected chi connectivity index (χ2v) is 7.47. The van der Waals surface area contributed by atoms with Crippen LogP contribution in [0.3, 0.4) is 0 Å². The highest BCUT2D eigenvalue weighted by Crippen LogP contribution is 2.35. The minimum Gasteiger partial charge on any atom is -0.462 e. The average molecular weight is 470 g/mol. The topological polar surface area (TPSA) is 119 Å². The molecule has 0 saturated heterocycles. The van der Waals surface area contributed by atoms with E-state index in [1.807, 2.05) is 60.7 Å². The summed E-state index contributed by atoms with van der Waals surface area (Å²) in [6.45, 7) is 1.91. The number of benzene rings is 3. The molecule has 2 N–H and O–H groups in total. The quantitative estimate of drug-likeness (QED) is 0.187. The van der Waals surface area contributed by atoms with Gasteiger partial charge >= 0.3 is 11.7 Å². The third-order valence-corrected chi connectivity index (χ3v) is 5.23. The molecule has 0 amide bonds. The van der Waals surface area contributed by atoms with E-state index in [1.165, 1.54) is 6.33 Å². The zero-order valence-corrected chi connectivity index (χ0v) is 18.9. The van der Waals surface area contributed by atoms with Gasteiger partial charge in [0.15, 0.2) is 0 Å². The van der Waals surface area contributed by atoms with E-state index < -0.39 is 16.9 Å². The van der Waals surface area contributed by atoms with Gasteiger partial charge in [-0.15, -0.1) is 0 Å². The van der Waals surface area contributed by atoms with E-state index in [9.17, 15) is 14.9 Å². The third kappa shape index (κ3) is 5.41. The number of nitrogens with zero attached hydrogens (tertiary/aromatic N) is 3. The molecule has 0 radical (unpaired) electrons. The summed E-state index contributed by atoms with van der Waals surface area (Å²) in [6.07, 6.45) is 1.23. The number of anilines is 3. The number of aromatic nitrogens is 2. The van der Waals surface area contributed by atoms with Crippen molar-refractivity contribution in [2.45, 2.75) is 13.0 Å². The van der Waals surface area contributed by atoms with Crippen LogP contribution in [0.1, 0.15) is 34.5 Å². The molecule has 9 nitrogen and oxygen atoms in total. The Morgan fingerprint density at radius 3 is 2.09 bits per heavy atom. The predicted molar refractivity (Wildman–Crippen MR) is 133 cm³/mol. The van der Waals surface area contributed by atoms with Gasteiger partial charge in [-0.3, -0.25) is 10.1 Å². The van der Waals surface area contributed by atoms with E-state index in [0.717, 1.165) is 11.1 Å². The van der Waals surface area contributed by atoms with Crippen LogP contribution < -0.4 is 10.6 Å². The normalized spacial score (nSPS) is 10.6. The largest absolute Gasteiger partial charge is 0.462 e. The van der Waals surface area contributed by atoms with Gasteiger partial charge in [-0.2, -0.15) is 0 Å². The summed E-state index contributed by atoms with van der Waals surface area (Å²) in [5.41, 5.74) is 2.05. The number of esters is 1. The van der Waals surface area contributed by atoms with Crippen molar-refractivity contribution in [3.8, 4) is 0 Å². The number of hydrogen-bond donors (Lipinski definition) is 2. The molecule has 4 aromatic rings. The van der Waals surface area contributed by atoms with Crippen LogP contribution in [-0.4, -0.2) is 27.5 Å². The lowest BCUT2D eigenvalue weighted by atomic mass is 9.99. The molecule has 1 heterocycles. The van der Waals surface area contributed by atoms with Crippen LogP contribution in [0.2, 0.25) is 0 Å². The Bertz CT molecular complexity index is 1280. The van der Waals surface area contributed by atoms with E-state index >= 15 is 0 Å². The molecule has 1 aromatic heterocycles. The van der Waals surface area contributed by atoms with Crippen LogP contribution in [-0.2, 0) is 4.74 Å². The lowest BCUT2D eigenvalue weighted by Crippen LogP contribution is -2.16. The molecule has 9 heteroatoms. The Morgan fingerprint density at radius 2 is 1.49 bits per heavy atom. The lowest BCUT2D eigenvalue weighted by molar-refractivity contribution is -0.383. The van der Waals surface area contributed by atoms with Crippen molar-refractivity contribution in [1.82, 2.24) is 9.97 Å². The van der Waals surface area contributed by atoms with Gasteiger partial charge in [0.05, 0.1) is 28.8 Å². The van der Waals surface area contributed by atoms with E-state index in [4.69, 9.17) is 4.74 Å². The van der Waals surface area contributed by atoms with Crippen molar-refractivity contribution in [3.63, 3.8) is 0 Å². The Balaban J connectivity index is 1.74. The molecule has 0 aliphatic carbocycles. The summed E-state index contributed by atoms with van der Waals surface area (Å²) in [5.74, 6) is -0.554. The van der Waals surface area contributed by atoms with Crippen molar-refractivity contribution < 1.29 is 14.5 Å². The maximum absolute atomic E-state index is 12.4. The standard InChI is InChI=1S/C26H23N5O4/c1-2-35-26(32)20-15-9-10-16-21(20)29-24-23(31(33)34)25(28-17-27-24)30-22(18-11-5-3-6-12-18)19-13-7-4-8-14-19/h3-17,22H,2H2,1H3,(H2,27,28,29,30). The molecule has 35 heavy (non-hydrogen) atoms. The number of ether oxygens (including phenoxy) is 1. The van der Waals surface area contributed by atoms with Gasteiger partial charge in [-0.25, -0.2) is 14.8 Å². The maximum Gasteiger partial charge on any atom is 0.353 e. The van der Waals surface area contributed by atoms with Crippen molar-refractivity contribution in [3.05, 3.63) is 118 Å². The molecule has 0 bridgehead atoms. The Labute approximate surface area is 202 Å². The molecule has 0 fully saturated rings. The monoisotopic (exact) mass is 469 g/mol. The van der Waals surface area contributed by atoms with E-state index in [1.54, 1.807) is 31.2 Å². The highest BCUT2D eigenvalue weighted by Gasteiger charge is 2.27. The fraction of sp³-hybridized carbons (Fsp3) is 0.115. The number of hydrogen-bond acceptors (Lipinski definition) is 8. The first-order chi connectivity index (χ1) is 17.1. The minimum absolute atomic E-state index is 0.0406. The maximum atomic E-state index is 12.4. The van der Waals surface area contributed by atoms with Crippen LogP contribution in [0, 0.1) is 10.1 Å². The van der Waals surface area contributed by atoms with Gasteiger partial charge in [0.25, 0.3) is 0 Å². The van der Waals surface area contributed by atoms with E-state index in [0.29, 0.717) is 5.69 Å². The number of rotatable bonds is 9. The summed E-state index contributed by atoms with van der Waals surface area (Å²) in [5, 5.41) is 18.3. The highest BCUT2D eigenvalue weighted by atomic mass is 16.6. The molecule has 0 spiro atoms. The zero-order chi connectivity index (χ0) is 24.6. The van der Waals surface area contributed by atoms with Crippen LogP contribution in [0.15, 0.2) is 91.3 Å². The van der Waals surface area contributed by atoms with Gasteiger partial charge in [0.1, 0.15) is 6.33 Å². The highest BCUT2D eigenvalue weighted by molar-refractivity contribution is 5.96. The number of nitro groups is 1. The SMILES string of the molecule is CCOC(=O)c1ccccc1Nc1ncnc(NC(c2ccccc2)c2ccccc2)c1[N+](=O)[O-]. The van der Waals surface area contributed by atoms with Gasteiger partial charge in [-0.05, 0) is 30.2 Å². The molecule has 0 saturated carbocycles. The second kappa shape index (κ2) is 10.9. The average Bonchev–Trinajstić information content (AvgIpc) is 2.88. The zero-order valence-electron chi connectivity index (χ0n) is 18.9. The summed E-state index contributed by atoms with van der Waals surface area (Å²) in [6, 6.07) is 25.4. The van der Waals surface area contributed by atoms with E-state index in [2.05, 4.69) is 20.6 Å².